The fourth-order valence-electron chi connectivity index (χ4n) is 3.02. The molecule has 0 aromatic heterocycles. The molecule has 0 unspecified atom stereocenters. The van der Waals surface area contributed by atoms with Gasteiger partial charge in [-0.15, -0.1) is 0 Å². The van der Waals surface area contributed by atoms with Gasteiger partial charge in [0.25, 0.3) is 0 Å². The Hall–Kier alpha value is -1.55. The molecule has 0 radical (unpaired) electrons. The molecule has 0 saturated heterocycles. The number of carbonyl (C=O) groups excluding carboxylic acids is 1. The summed E-state index contributed by atoms with van der Waals surface area (Å²) in [5, 5.41) is 15.4. The van der Waals surface area contributed by atoms with E-state index in [1.807, 2.05) is 30.3 Å². The third-order valence-corrected chi connectivity index (χ3v) is 4.48. The minimum absolute atomic E-state index is 0.0640. The van der Waals surface area contributed by atoms with Gasteiger partial charge in [-0.2, -0.15) is 0 Å². The van der Waals surface area contributed by atoms with Crippen LogP contribution >= 0.6 is 0 Å². The second kappa shape index (κ2) is 6.48. The predicted octanol–water partition coefficient (Wildman–Crippen LogP) is 2.60. The molecular weight excluding hydrogens is 264 g/mol. The lowest BCUT2D eigenvalue weighted by Crippen LogP contribution is -2.45. The van der Waals surface area contributed by atoms with Crippen LogP contribution in [0, 0.1) is 11.8 Å². The van der Waals surface area contributed by atoms with Gasteiger partial charge in [-0.1, -0.05) is 30.3 Å². The molecule has 21 heavy (non-hydrogen) atoms. The van der Waals surface area contributed by atoms with Crippen LogP contribution in [0.2, 0.25) is 0 Å². The summed E-state index contributed by atoms with van der Waals surface area (Å²) < 4.78 is 0. The Balaban J connectivity index is 1.58. The van der Waals surface area contributed by atoms with E-state index in [-0.39, 0.29) is 18.7 Å². The highest BCUT2D eigenvalue weighted by Gasteiger charge is 2.42. The van der Waals surface area contributed by atoms with Gasteiger partial charge in [0, 0.05) is 12.6 Å². The van der Waals surface area contributed by atoms with E-state index in [1.54, 1.807) is 0 Å². The summed E-state index contributed by atoms with van der Waals surface area (Å²) in [6, 6.07) is 9.97. The smallest absolute Gasteiger partial charge is 0.315 e. The Bertz CT molecular complexity index is 457. The van der Waals surface area contributed by atoms with Gasteiger partial charge in [-0.05, 0) is 49.5 Å². The van der Waals surface area contributed by atoms with E-state index in [4.69, 9.17) is 0 Å². The van der Waals surface area contributed by atoms with Crippen LogP contribution in [-0.2, 0) is 0 Å². The fraction of sp³-hybridized carbons (Fsp3) is 0.588. The van der Waals surface area contributed by atoms with E-state index in [1.165, 1.54) is 25.7 Å². The van der Waals surface area contributed by atoms with Crippen molar-refractivity contribution in [2.45, 2.75) is 44.2 Å². The van der Waals surface area contributed by atoms with Gasteiger partial charge in [-0.3, -0.25) is 0 Å². The van der Waals surface area contributed by atoms with Crippen molar-refractivity contribution in [1.82, 2.24) is 10.6 Å². The first-order valence-electron chi connectivity index (χ1n) is 8.00. The maximum absolute atomic E-state index is 12.3. The van der Waals surface area contributed by atoms with Gasteiger partial charge in [0.1, 0.15) is 0 Å². The summed E-state index contributed by atoms with van der Waals surface area (Å²) in [5.74, 6) is 1.38. The van der Waals surface area contributed by atoms with Crippen LogP contribution in [0.1, 0.15) is 43.7 Å². The zero-order valence-corrected chi connectivity index (χ0v) is 12.3. The molecular formula is C17H24N2O2. The van der Waals surface area contributed by atoms with E-state index < -0.39 is 0 Å². The van der Waals surface area contributed by atoms with Crippen molar-refractivity contribution >= 4 is 6.03 Å². The molecule has 3 N–H and O–H groups in total. The highest BCUT2D eigenvalue weighted by Crippen LogP contribution is 2.44. The number of aliphatic hydroxyl groups is 1. The number of nitrogens with one attached hydrogen (secondary N) is 2. The second-order valence-corrected chi connectivity index (χ2v) is 6.29. The molecule has 0 aliphatic heterocycles. The quantitative estimate of drug-likeness (QED) is 0.722. The molecule has 2 saturated carbocycles. The molecule has 2 aliphatic carbocycles. The molecule has 0 bridgehead atoms. The lowest BCUT2D eigenvalue weighted by Gasteiger charge is -2.22. The molecule has 3 rings (SSSR count). The minimum Gasteiger partial charge on any atom is -0.396 e. The van der Waals surface area contributed by atoms with Crippen LogP contribution in [0.3, 0.4) is 0 Å². The normalized spacial score (nSPS) is 19.3. The monoisotopic (exact) mass is 288 g/mol. The Morgan fingerprint density at radius 2 is 1.71 bits per heavy atom. The Morgan fingerprint density at radius 3 is 2.24 bits per heavy atom. The number of rotatable bonds is 7. The lowest BCUT2D eigenvalue weighted by atomic mass is 10.0. The van der Waals surface area contributed by atoms with Gasteiger partial charge in [0.2, 0.25) is 0 Å². The maximum Gasteiger partial charge on any atom is 0.315 e. The van der Waals surface area contributed by atoms with Gasteiger partial charge in [0.05, 0.1) is 6.04 Å². The third-order valence-electron chi connectivity index (χ3n) is 4.48. The molecule has 2 fully saturated rings. The number of aliphatic hydroxyl groups excluding tert-OH is 1. The summed E-state index contributed by atoms with van der Waals surface area (Å²) >= 11 is 0. The molecule has 0 spiro atoms. The summed E-state index contributed by atoms with van der Waals surface area (Å²) in [5.41, 5.74) is 1.04. The van der Waals surface area contributed by atoms with Crippen LogP contribution in [-0.4, -0.2) is 23.8 Å². The summed E-state index contributed by atoms with van der Waals surface area (Å²) in [7, 11) is 0. The first-order chi connectivity index (χ1) is 10.3. The van der Waals surface area contributed by atoms with Crippen LogP contribution in [0.4, 0.5) is 4.79 Å². The third kappa shape index (κ3) is 3.97. The zero-order valence-electron chi connectivity index (χ0n) is 12.3. The molecule has 4 nitrogen and oxygen atoms in total. The van der Waals surface area contributed by atoms with Gasteiger partial charge < -0.3 is 15.7 Å². The number of carbonyl (C=O) groups is 1. The Kier molecular flexibility index (Phi) is 4.44. The molecule has 2 aliphatic rings. The van der Waals surface area contributed by atoms with Crippen LogP contribution in [0.5, 0.6) is 0 Å². The molecule has 2 amide bonds. The summed E-state index contributed by atoms with van der Waals surface area (Å²) in [4.78, 5) is 12.3. The number of amides is 2. The van der Waals surface area contributed by atoms with Gasteiger partial charge in [0.15, 0.2) is 0 Å². The Labute approximate surface area is 125 Å². The van der Waals surface area contributed by atoms with Crippen molar-refractivity contribution in [3.63, 3.8) is 0 Å². The van der Waals surface area contributed by atoms with Crippen molar-refractivity contribution in [2.24, 2.45) is 11.8 Å². The number of benzene rings is 1. The number of hydrogen-bond acceptors (Lipinski definition) is 2. The van der Waals surface area contributed by atoms with Gasteiger partial charge in [-0.25, -0.2) is 4.79 Å². The molecule has 114 valence electrons. The van der Waals surface area contributed by atoms with E-state index in [0.717, 1.165) is 5.56 Å². The highest BCUT2D eigenvalue weighted by atomic mass is 16.3. The second-order valence-electron chi connectivity index (χ2n) is 6.29. The lowest BCUT2D eigenvalue weighted by molar-refractivity contribution is 0.222. The first kappa shape index (κ1) is 14.4. The molecule has 1 aromatic rings. The highest BCUT2D eigenvalue weighted by molar-refractivity contribution is 5.75. The molecule has 4 heteroatoms. The average Bonchev–Trinajstić information content (AvgIpc) is 3.39. The van der Waals surface area contributed by atoms with Crippen molar-refractivity contribution < 1.29 is 9.90 Å². The predicted molar refractivity (Wildman–Crippen MR) is 81.8 cm³/mol. The minimum atomic E-state index is -0.129. The van der Waals surface area contributed by atoms with E-state index in [0.29, 0.717) is 24.3 Å². The van der Waals surface area contributed by atoms with Crippen LogP contribution < -0.4 is 10.6 Å². The maximum atomic E-state index is 12.3. The van der Waals surface area contributed by atoms with Crippen molar-refractivity contribution in [1.29, 1.82) is 0 Å². The summed E-state index contributed by atoms with van der Waals surface area (Å²) in [6.45, 7) is 0.0640. The average molecular weight is 288 g/mol. The summed E-state index contributed by atoms with van der Waals surface area (Å²) in [6.07, 6.45) is 5.54. The largest absolute Gasteiger partial charge is 0.396 e. The first-order valence-corrected chi connectivity index (χ1v) is 8.00. The van der Waals surface area contributed by atoms with Gasteiger partial charge >= 0.3 is 6.03 Å². The molecule has 1 aromatic carbocycles. The topological polar surface area (TPSA) is 61.4 Å². The molecule has 1 atom stereocenters. The van der Waals surface area contributed by atoms with Crippen LogP contribution in [0.15, 0.2) is 30.3 Å². The fourth-order valence-corrected chi connectivity index (χ4v) is 3.02. The molecule has 0 heterocycles. The Morgan fingerprint density at radius 1 is 1.10 bits per heavy atom. The van der Waals surface area contributed by atoms with E-state index in [9.17, 15) is 9.90 Å². The van der Waals surface area contributed by atoms with Crippen molar-refractivity contribution in [2.75, 3.05) is 6.61 Å². The van der Waals surface area contributed by atoms with Crippen molar-refractivity contribution in [3.05, 3.63) is 35.9 Å². The van der Waals surface area contributed by atoms with E-state index in [2.05, 4.69) is 10.6 Å². The SMILES string of the molecule is O=C(NC(C1CC1)C1CC1)N[C@H](CCO)c1ccccc1. The number of hydrogen-bond donors (Lipinski definition) is 3. The number of urea groups is 1. The zero-order chi connectivity index (χ0) is 14.7. The van der Waals surface area contributed by atoms with E-state index >= 15 is 0 Å². The standard InChI is InChI=1S/C17H24N2O2/c20-11-10-15(12-4-2-1-3-5-12)18-17(21)19-16(13-6-7-13)14-8-9-14/h1-5,13-16,20H,6-11H2,(H2,18,19,21)/t15-/m1/s1. The van der Waals surface area contributed by atoms with Crippen LogP contribution in [0.25, 0.3) is 0 Å². The van der Waals surface area contributed by atoms with Crippen molar-refractivity contribution in [3.8, 4) is 0 Å².